The van der Waals surface area contributed by atoms with Gasteiger partial charge in [-0.3, -0.25) is 24.6 Å². The highest BCUT2D eigenvalue weighted by Crippen LogP contribution is 2.35. The second-order valence-electron chi connectivity index (χ2n) is 7.46. The van der Waals surface area contributed by atoms with Gasteiger partial charge >= 0.3 is 6.03 Å². The first-order chi connectivity index (χ1) is 13.2. The maximum absolute atomic E-state index is 12.6. The molecule has 1 aromatic rings. The third kappa shape index (κ3) is 3.56. The van der Waals surface area contributed by atoms with Crippen molar-refractivity contribution in [1.82, 2.24) is 15.1 Å². The lowest BCUT2D eigenvalue weighted by Gasteiger charge is -2.26. The molecule has 3 rings (SSSR count). The molecular weight excluding hydrogens is 364 g/mol. The standard InChI is InChI=1S/C19H24N4O5/c1-13(14-6-5-7-15(12-14)23(27)28)21(2)16(24)8-11-22-17(25)19(20-18(22)26)9-3-4-10-19/h5-7,12-13H,3-4,8-11H2,1-2H3,(H,20,26)/t13-/m1/s1. The molecule has 4 amide bonds. The Morgan fingerprint density at radius 2 is 2.04 bits per heavy atom. The number of benzene rings is 1. The monoisotopic (exact) mass is 388 g/mol. The summed E-state index contributed by atoms with van der Waals surface area (Å²) in [5.41, 5.74) is -0.168. The van der Waals surface area contributed by atoms with Crippen LogP contribution in [-0.4, -0.2) is 51.7 Å². The van der Waals surface area contributed by atoms with Gasteiger partial charge in [0.2, 0.25) is 5.91 Å². The number of nitrogens with zero attached hydrogens (tertiary/aromatic N) is 3. The van der Waals surface area contributed by atoms with E-state index >= 15 is 0 Å². The van der Waals surface area contributed by atoms with Gasteiger partial charge in [0.25, 0.3) is 11.6 Å². The summed E-state index contributed by atoms with van der Waals surface area (Å²) >= 11 is 0. The Morgan fingerprint density at radius 1 is 1.36 bits per heavy atom. The van der Waals surface area contributed by atoms with E-state index in [0.717, 1.165) is 17.7 Å². The number of non-ortho nitro benzene ring substituents is 1. The lowest BCUT2D eigenvalue weighted by Crippen LogP contribution is -2.44. The van der Waals surface area contributed by atoms with Gasteiger partial charge in [0.1, 0.15) is 5.54 Å². The SMILES string of the molecule is C[C@H](c1cccc([N+](=O)[O-])c1)N(C)C(=O)CCN1C(=O)NC2(CCCC2)C1=O. The minimum atomic E-state index is -0.775. The average molecular weight is 388 g/mol. The molecule has 2 aliphatic rings. The maximum Gasteiger partial charge on any atom is 0.325 e. The summed E-state index contributed by atoms with van der Waals surface area (Å²) in [6.07, 6.45) is 3.10. The molecule has 1 spiro atoms. The molecule has 0 aromatic heterocycles. The average Bonchev–Trinajstić information content (AvgIpc) is 3.24. The molecule has 1 saturated heterocycles. The minimum absolute atomic E-state index is 0.00497. The molecule has 1 aliphatic heterocycles. The maximum atomic E-state index is 12.6. The smallest absolute Gasteiger partial charge is 0.325 e. The van der Waals surface area contributed by atoms with Crippen LogP contribution in [0.4, 0.5) is 10.5 Å². The summed E-state index contributed by atoms with van der Waals surface area (Å²) in [5, 5.41) is 13.7. The number of imide groups is 1. The first kappa shape index (κ1) is 19.8. The second-order valence-corrected chi connectivity index (χ2v) is 7.46. The van der Waals surface area contributed by atoms with Gasteiger partial charge in [-0.25, -0.2) is 4.79 Å². The highest BCUT2D eigenvalue weighted by atomic mass is 16.6. The lowest BCUT2D eigenvalue weighted by molar-refractivity contribution is -0.384. The van der Waals surface area contributed by atoms with Crippen molar-refractivity contribution in [2.24, 2.45) is 0 Å². The molecule has 9 nitrogen and oxygen atoms in total. The molecule has 1 heterocycles. The summed E-state index contributed by atoms with van der Waals surface area (Å²) in [7, 11) is 1.61. The van der Waals surface area contributed by atoms with Gasteiger partial charge in [-0.15, -0.1) is 0 Å². The van der Waals surface area contributed by atoms with Crippen molar-refractivity contribution < 1.29 is 19.3 Å². The van der Waals surface area contributed by atoms with Crippen molar-refractivity contribution in [1.29, 1.82) is 0 Å². The number of urea groups is 1. The Morgan fingerprint density at radius 3 is 2.68 bits per heavy atom. The van der Waals surface area contributed by atoms with E-state index in [1.807, 2.05) is 0 Å². The van der Waals surface area contributed by atoms with Crippen LogP contribution in [0.2, 0.25) is 0 Å². The van der Waals surface area contributed by atoms with Gasteiger partial charge in [-0.2, -0.15) is 0 Å². The van der Waals surface area contributed by atoms with E-state index in [9.17, 15) is 24.5 Å². The van der Waals surface area contributed by atoms with Crippen LogP contribution in [0.25, 0.3) is 0 Å². The number of carbonyl (C=O) groups is 3. The van der Waals surface area contributed by atoms with Gasteiger partial charge in [0.05, 0.1) is 11.0 Å². The van der Waals surface area contributed by atoms with Gasteiger partial charge in [-0.1, -0.05) is 25.0 Å². The highest BCUT2D eigenvalue weighted by molar-refractivity contribution is 6.07. The van der Waals surface area contributed by atoms with Gasteiger partial charge in [0, 0.05) is 32.1 Å². The van der Waals surface area contributed by atoms with E-state index in [-0.39, 0.29) is 36.5 Å². The van der Waals surface area contributed by atoms with Crippen LogP contribution in [0, 0.1) is 10.1 Å². The Kier molecular flexibility index (Phi) is 5.35. The number of hydrogen-bond acceptors (Lipinski definition) is 5. The topological polar surface area (TPSA) is 113 Å². The fraction of sp³-hybridized carbons (Fsp3) is 0.526. The first-order valence-electron chi connectivity index (χ1n) is 9.39. The number of nitro groups is 1. The van der Waals surface area contributed by atoms with Crippen molar-refractivity contribution >= 4 is 23.5 Å². The lowest BCUT2D eigenvalue weighted by atomic mass is 9.98. The van der Waals surface area contributed by atoms with Crippen molar-refractivity contribution in [3.8, 4) is 0 Å². The Balaban J connectivity index is 1.61. The molecule has 1 saturated carbocycles. The van der Waals surface area contributed by atoms with Crippen LogP contribution in [0.5, 0.6) is 0 Å². The van der Waals surface area contributed by atoms with Gasteiger partial charge in [-0.05, 0) is 25.3 Å². The zero-order valence-corrected chi connectivity index (χ0v) is 16.0. The number of carbonyl (C=O) groups excluding carboxylic acids is 3. The number of amides is 4. The van der Waals surface area contributed by atoms with E-state index in [4.69, 9.17) is 0 Å². The highest BCUT2D eigenvalue weighted by Gasteiger charge is 2.52. The largest absolute Gasteiger partial charge is 0.339 e. The third-order valence-corrected chi connectivity index (χ3v) is 5.79. The van der Waals surface area contributed by atoms with Crippen molar-refractivity contribution in [2.75, 3.05) is 13.6 Å². The molecule has 2 fully saturated rings. The van der Waals surface area contributed by atoms with Crippen LogP contribution >= 0.6 is 0 Å². The molecule has 1 aliphatic carbocycles. The van der Waals surface area contributed by atoms with Crippen LogP contribution in [-0.2, 0) is 9.59 Å². The first-order valence-corrected chi connectivity index (χ1v) is 9.39. The molecule has 1 N–H and O–H groups in total. The predicted octanol–water partition coefficient (Wildman–Crippen LogP) is 2.37. The van der Waals surface area contributed by atoms with Gasteiger partial charge in [0.15, 0.2) is 0 Å². The molecule has 28 heavy (non-hydrogen) atoms. The van der Waals surface area contributed by atoms with Crippen LogP contribution in [0.3, 0.4) is 0 Å². The zero-order valence-electron chi connectivity index (χ0n) is 16.0. The van der Waals surface area contributed by atoms with Crippen molar-refractivity contribution in [3.05, 3.63) is 39.9 Å². The normalized spacial score (nSPS) is 19.0. The van der Waals surface area contributed by atoms with Crippen molar-refractivity contribution in [2.45, 2.75) is 50.6 Å². The van der Waals surface area contributed by atoms with Crippen LogP contribution in [0.1, 0.15) is 50.6 Å². The van der Waals surface area contributed by atoms with E-state index in [1.54, 1.807) is 26.1 Å². The Bertz CT molecular complexity index is 818. The van der Waals surface area contributed by atoms with E-state index < -0.39 is 16.5 Å². The van der Waals surface area contributed by atoms with E-state index in [2.05, 4.69) is 5.32 Å². The fourth-order valence-corrected chi connectivity index (χ4v) is 3.92. The van der Waals surface area contributed by atoms with Crippen LogP contribution in [0.15, 0.2) is 24.3 Å². The molecular formula is C19H24N4O5. The summed E-state index contributed by atoms with van der Waals surface area (Å²) in [5.74, 6) is -0.482. The Labute approximate surface area is 162 Å². The fourth-order valence-electron chi connectivity index (χ4n) is 3.92. The number of rotatable bonds is 6. The van der Waals surface area contributed by atoms with Crippen LogP contribution < -0.4 is 5.32 Å². The summed E-state index contributed by atoms with van der Waals surface area (Å²) in [4.78, 5) is 50.5. The molecule has 9 heteroatoms. The van der Waals surface area contributed by atoms with E-state index in [0.29, 0.717) is 18.4 Å². The molecule has 150 valence electrons. The molecule has 0 unspecified atom stereocenters. The number of nitro benzene ring substituents is 1. The zero-order chi connectivity index (χ0) is 20.5. The predicted molar refractivity (Wildman–Crippen MR) is 100 cm³/mol. The molecule has 0 radical (unpaired) electrons. The Hall–Kier alpha value is -2.97. The molecule has 0 bridgehead atoms. The summed E-state index contributed by atoms with van der Waals surface area (Å²) in [6, 6.07) is 5.33. The number of hydrogen-bond donors (Lipinski definition) is 1. The molecule has 1 atom stereocenters. The number of nitrogens with one attached hydrogen (secondary N) is 1. The van der Waals surface area contributed by atoms with E-state index in [1.165, 1.54) is 17.0 Å². The molecule has 1 aromatic carbocycles. The summed E-state index contributed by atoms with van der Waals surface area (Å²) < 4.78 is 0. The van der Waals surface area contributed by atoms with Gasteiger partial charge < -0.3 is 10.2 Å². The minimum Gasteiger partial charge on any atom is -0.339 e. The third-order valence-electron chi connectivity index (χ3n) is 5.79. The quantitative estimate of drug-likeness (QED) is 0.457. The summed E-state index contributed by atoms with van der Waals surface area (Å²) in [6.45, 7) is 1.80. The second kappa shape index (κ2) is 7.57. The van der Waals surface area contributed by atoms with Crippen molar-refractivity contribution in [3.63, 3.8) is 0 Å².